The van der Waals surface area contributed by atoms with Crippen LogP contribution in [0.2, 0.25) is 0 Å². The van der Waals surface area contributed by atoms with Gasteiger partial charge in [0.15, 0.2) is 0 Å². The molecule has 1 heterocycles. The maximum Gasteiger partial charge on any atom is 0.307 e. The third kappa shape index (κ3) is 5.37. The molecule has 1 aliphatic rings. The van der Waals surface area contributed by atoms with E-state index in [4.69, 9.17) is 9.94 Å². The fourth-order valence-corrected chi connectivity index (χ4v) is 3.22. The second-order valence-corrected chi connectivity index (χ2v) is 6.62. The molecule has 1 N–H and O–H groups in total. The third-order valence-electron chi connectivity index (χ3n) is 4.67. The zero-order valence-electron chi connectivity index (χ0n) is 15.1. The Labute approximate surface area is 158 Å². The Balaban J connectivity index is 1.64. The molecule has 0 aliphatic carbocycles. The Bertz CT molecular complexity index is 778. The molecule has 0 saturated carbocycles. The van der Waals surface area contributed by atoms with Crippen molar-refractivity contribution in [1.29, 1.82) is 0 Å². The van der Waals surface area contributed by atoms with Gasteiger partial charge in [0, 0.05) is 24.2 Å². The van der Waals surface area contributed by atoms with Crippen molar-refractivity contribution in [1.82, 2.24) is 4.90 Å². The standard InChI is InChI=1S/C21H23FN2O3/c22-19-10-8-17(9-11-19)20(16-5-2-1-3-6-16)23-27-14-13-24-12-4-7-18(15-24)21(25)26/h1-3,5-6,8-11,18H,4,7,12-15H2,(H,25,26)/b23-20-. The zero-order valence-corrected chi connectivity index (χ0v) is 15.1. The minimum atomic E-state index is -0.735. The first-order valence-electron chi connectivity index (χ1n) is 9.10. The van der Waals surface area contributed by atoms with Gasteiger partial charge in [0.1, 0.15) is 18.1 Å². The smallest absolute Gasteiger partial charge is 0.307 e. The Morgan fingerprint density at radius 2 is 1.85 bits per heavy atom. The molecule has 27 heavy (non-hydrogen) atoms. The van der Waals surface area contributed by atoms with Gasteiger partial charge < -0.3 is 9.94 Å². The van der Waals surface area contributed by atoms with Crippen molar-refractivity contribution in [2.24, 2.45) is 11.1 Å². The number of carboxylic acids is 1. The summed E-state index contributed by atoms with van der Waals surface area (Å²) in [4.78, 5) is 18.8. The number of hydrogen-bond acceptors (Lipinski definition) is 4. The molecule has 142 valence electrons. The fourth-order valence-electron chi connectivity index (χ4n) is 3.22. The van der Waals surface area contributed by atoms with E-state index in [0.717, 1.165) is 30.5 Å². The molecular formula is C21H23FN2O3. The van der Waals surface area contributed by atoms with Gasteiger partial charge in [0.05, 0.1) is 5.92 Å². The van der Waals surface area contributed by atoms with Crippen molar-refractivity contribution in [2.75, 3.05) is 26.2 Å². The first-order valence-corrected chi connectivity index (χ1v) is 9.10. The molecule has 1 saturated heterocycles. The van der Waals surface area contributed by atoms with Crippen LogP contribution in [-0.4, -0.2) is 47.9 Å². The van der Waals surface area contributed by atoms with Crippen molar-refractivity contribution >= 4 is 11.7 Å². The van der Waals surface area contributed by atoms with E-state index in [2.05, 4.69) is 10.1 Å². The van der Waals surface area contributed by atoms with Crippen LogP contribution in [0.1, 0.15) is 24.0 Å². The van der Waals surface area contributed by atoms with Crippen LogP contribution in [0.15, 0.2) is 59.8 Å². The van der Waals surface area contributed by atoms with E-state index in [1.165, 1.54) is 12.1 Å². The van der Waals surface area contributed by atoms with Crippen molar-refractivity contribution in [2.45, 2.75) is 12.8 Å². The summed E-state index contributed by atoms with van der Waals surface area (Å²) in [5.74, 6) is -1.34. The first-order chi connectivity index (χ1) is 13.1. The van der Waals surface area contributed by atoms with Gasteiger partial charge in [-0.1, -0.05) is 35.5 Å². The number of carbonyl (C=O) groups is 1. The molecule has 0 bridgehead atoms. The lowest BCUT2D eigenvalue weighted by Gasteiger charge is -2.29. The van der Waals surface area contributed by atoms with Crippen LogP contribution in [0.3, 0.4) is 0 Å². The Morgan fingerprint density at radius 1 is 1.15 bits per heavy atom. The van der Waals surface area contributed by atoms with Crippen molar-refractivity contribution in [3.8, 4) is 0 Å². The van der Waals surface area contributed by atoms with Crippen LogP contribution >= 0.6 is 0 Å². The second-order valence-electron chi connectivity index (χ2n) is 6.62. The number of benzene rings is 2. The summed E-state index contributed by atoms with van der Waals surface area (Å²) in [6.45, 7) is 2.41. The Kier molecular flexibility index (Phi) is 6.54. The van der Waals surface area contributed by atoms with Gasteiger partial charge in [-0.15, -0.1) is 0 Å². The highest BCUT2D eigenvalue weighted by atomic mass is 19.1. The van der Waals surface area contributed by atoms with Crippen LogP contribution in [-0.2, 0) is 9.63 Å². The number of piperidine rings is 1. The molecule has 3 rings (SSSR count). The minimum absolute atomic E-state index is 0.301. The summed E-state index contributed by atoms with van der Waals surface area (Å²) >= 11 is 0. The molecule has 1 fully saturated rings. The summed E-state index contributed by atoms with van der Waals surface area (Å²) in [7, 11) is 0. The summed E-state index contributed by atoms with van der Waals surface area (Å²) in [6, 6.07) is 15.7. The first kappa shape index (κ1) is 19.0. The highest BCUT2D eigenvalue weighted by Gasteiger charge is 2.24. The van der Waals surface area contributed by atoms with E-state index in [-0.39, 0.29) is 11.7 Å². The normalized spacial score (nSPS) is 18.3. The Hall–Kier alpha value is -2.73. The van der Waals surface area contributed by atoms with Gasteiger partial charge in [-0.2, -0.15) is 0 Å². The third-order valence-corrected chi connectivity index (χ3v) is 4.67. The van der Waals surface area contributed by atoms with E-state index in [1.807, 2.05) is 30.3 Å². The molecule has 6 heteroatoms. The van der Waals surface area contributed by atoms with Gasteiger partial charge in [-0.25, -0.2) is 4.39 Å². The van der Waals surface area contributed by atoms with Crippen LogP contribution in [0.5, 0.6) is 0 Å². The van der Waals surface area contributed by atoms with E-state index in [1.54, 1.807) is 12.1 Å². The number of aliphatic carboxylic acids is 1. The fraction of sp³-hybridized carbons (Fsp3) is 0.333. The van der Waals surface area contributed by atoms with Crippen LogP contribution in [0.25, 0.3) is 0 Å². The van der Waals surface area contributed by atoms with Gasteiger partial charge in [-0.3, -0.25) is 9.69 Å². The largest absolute Gasteiger partial charge is 0.481 e. The van der Waals surface area contributed by atoms with Crippen LogP contribution in [0.4, 0.5) is 4.39 Å². The molecule has 2 aromatic rings. The van der Waals surface area contributed by atoms with Crippen LogP contribution < -0.4 is 0 Å². The average Bonchev–Trinajstić information content (AvgIpc) is 2.70. The summed E-state index contributed by atoms with van der Waals surface area (Å²) in [5.41, 5.74) is 2.29. The predicted octanol–water partition coefficient (Wildman–Crippen LogP) is 3.39. The predicted molar refractivity (Wildman–Crippen MR) is 101 cm³/mol. The number of halogens is 1. The maximum absolute atomic E-state index is 13.2. The van der Waals surface area contributed by atoms with E-state index >= 15 is 0 Å². The number of carboxylic acid groups (broad SMARTS) is 1. The molecule has 0 amide bonds. The molecule has 5 nitrogen and oxygen atoms in total. The average molecular weight is 370 g/mol. The lowest BCUT2D eigenvalue weighted by Crippen LogP contribution is -2.40. The zero-order chi connectivity index (χ0) is 19.1. The monoisotopic (exact) mass is 370 g/mol. The molecule has 0 aromatic heterocycles. The molecule has 1 atom stereocenters. The van der Waals surface area contributed by atoms with Crippen molar-refractivity contribution < 1.29 is 19.1 Å². The second kappa shape index (κ2) is 9.28. The van der Waals surface area contributed by atoms with E-state index in [0.29, 0.717) is 25.4 Å². The van der Waals surface area contributed by atoms with Crippen molar-refractivity contribution in [3.63, 3.8) is 0 Å². The molecule has 1 unspecified atom stereocenters. The number of hydrogen-bond donors (Lipinski definition) is 1. The molecular weight excluding hydrogens is 347 g/mol. The summed E-state index contributed by atoms with van der Waals surface area (Å²) in [6.07, 6.45) is 1.61. The molecule has 0 radical (unpaired) electrons. The quantitative estimate of drug-likeness (QED) is 0.461. The van der Waals surface area contributed by atoms with Gasteiger partial charge in [0.2, 0.25) is 0 Å². The molecule has 0 spiro atoms. The summed E-state index contributed by atoms with van der Waals surface area (Å²) < 4.78 is 13.2. The van der Waals surface area contributed by atoms with Gasteiger partial charge in [0.25, 0.3) is 0 Å². The molecule has 2 aromatic carbocycles. The van der Waals surface area contributed by atoms with Crippen LogP contribution in [0, 0.1) is 11.7 Å². The SMILES string of the molecule is O=C(O)C1CCCN(CCO/N=C(/c2ccccc2)c2ccc(F)cc2)C1. The van der Waals surface area contributed by atoms with Gasteiger partial charge >= 0.3 is 5.97 Å². The lowest BCUT2D eigenvalue weighted by atomic mass is 9.98. The topological polar surface area (TPSA) is 62.1 Å². The Morgan fingerprint density at radius 3 is 2.56 bits per heavy atom. The highest BCUT2D eigenvalue weighted by molar-refractivity contribution is 6.12. The number of nitrogens with zero attached hydrogens (tertiary/aromatic N) is 2. The lowest BCUT2D eigenvalue weighted by molar-refractivity contribution is -0.143. The number of oxime groups is 1. The number of rotatable bonds is 7. The van der Waals surface area contributed by atoms with Crippen molar-refractivity contribution in [3.05, 3.63) is 71.5 Å². The number of likely N-dealkylation sites (tertiary alicyclic amines) is 1. The minimum Gasteiger partial charge on any atom is -0.481 e. The van der Waals surface area contributed by atoms with E-state index in [9.17, 15) is 9.18 Å². The van der Waals surface area contributed by atoms with Gasteiger partial charge in [-0.05, 0) is 43.7 Å². The maximum atomic E-state index is 13.2. The molecule has 1 aliphatic heterocycles. The summed E-state index contributed by atoms with van der Waals surface area (Å²) in [5, 5.41) is 13.4. The highest BCUT2D eigenvalue weighted by Crippen LogP contribution is 2.16. The van der Waals surface area contributed by atoms with E-state index < -0.39 is 5.97 Å².